The molecule has 1 aromatic rings. The van der Waals surface area contributed by atoms with Crippen molar-refractivity contribution in [1.29, 1.82) is 0 Å². The molecule has 1 saturated carbocycles. The Hall–Kier alpha value is -1.58. The standard InChI is InChI=1S/C20H31N3O/c1-3-7-16-10-12-17(13-11-16)22(2)19-9-6-8-18(21-19)20(24)23-14-4-5-15-23/h6,8-9,16-17H,3-5,7,10-15H2,1-2H3. The molecule has 1 aromatic heterocycles. The summed E-state index contributed by atoms with van der Waals surface area (Å²) in [5.41, 5.74) is 0.598. The van der Waals surface area contributed by atoms with Gasteiger partial charge in [-0.2, -0.15) is 0 Å². The van der Waals surface area contributed by atoms with Crippen molar-refractivity contribution in [2.45, 2.75) is 64.3 Å². The van der Waals surface area contributed by atoms with E-state index in [9.17, 15) is 4.79 Å². The Morgan fingerprint density at radius 3 is 2.58 bits per heavy atom. The maximum absolute atomic E-state index is 12.6. The van der Waals surface area contributed by atoms with Crippen LogP contribution in [0.15, 0.2) is 18.2 Å². The first-order valence-corrected chi connectivity index (χ1v) is 9.68. The average Bonchev–Trinajstić information content (AvgIpc) is 3.16. The fourth-order valence-corrected chi connectivity index (χ4v) is 4.24. The SMILES string of the molecule is CCCC1CCC(N(C)c2cccc(C(=O)N3CCCC3)n2)CC1. The molecule has 0 unspecified atom stereocenters. The molecule has 0 atom stereocenters. The zero-order valence-corrected chi connectivity index (χ0v) is 15.2. The summed E-state index contributed by atoms with van der Waals surface area (Å²) in [5, 5.41) is 0. The van der Waals surface area contributed by atoms with Crippen molar-refractivity contribution < 1.29 is 4.79 Å². The molecule has 3 rings (SSSR count). The molecule has 2 aliphatic rings. The largest absolute Gasteiger partial charge is 0.357 e. The molecular formula is C20H31N3O. The fraction of sp³-hybridized carbons (Fsp3) is 0.700. The van der Waals surface area contributed by atoms with Crippen LogP contribution in [0, 0.1) is 5.92 Å². The summed E-state index contributed by atoms with van der Waals surface area (Å²) in [4.78, 5) is 21.5. The van der Waals surface area contributed by atoms with E-state index in [1.807, 2.05) is 23.1 Å². The van der Waals surface area contributed by atoms with E-state index in [0.717, 1.165) is 37.7 Å². The minimum absolute atomic E-state index is 0.0920. The number of likely N-dealkylation sites (tertiary alicyclic amines) is 1. The fourth-order valence-electron chi connectivity index (χ4n) is 4.24. The lowest BCUT2D eigenvalue weighted by molar-refractivity contribution is 0.0787. The minimum atomic E-state index is 0.0920. The highest BCUT2D eigenvalue weighted by Crippen LogP contribution is 2.31. The van der Waals surface area contributed by atoms with E-state index in [0.29, 0.717) is 11.7 Å². The van der Waals surface area contributed by atoms with E-state index < -0.39 is 0 Å². The molecule has 1 saturated heterocycles. The monoisotopic (exact) mass is 329 g/mol. The molecule has 1 amide bonds. The smallest absolute Gasteiger partial charge is 0.272 e. The Labute approximate surface area is 146 Å². The van der Waals surface area contributed by atoms with Gasteiger partial charge in [-0.1, -0.05) is 25.8 Å². The third-order valence-electron chi connectivity index (χ3n) is 5.77. The summed E-state index contributed by atoms with van der Waals surface area (Å²) in [6.45, 7) is 4.04. The maximum Gasteiger partial charge on any atom is 0.272 e. The van der Waals surface area contributed by atoms with E-state index in [1.54, 1.807) is 0 Å². The summed E-state index contributed by atoms with van der Waals surface area (Å²) >= 11 is 0. The Bertz CT molecular complexity index is 546. The molecule has 4 heteroatoms. The van der Waals surface area contributed by atoms with Crippen molar-refractivity contribution in [3.8, 4) is 0 Å². The van der Waals surface area contributed by atoms with Crippen LogP contribution in [0.5, 0.6) is 0 Å². The van der Waals surface area contributed by atoms with E-state index in [4.69, 9.17) is 0 Å². The third kappa shape index (κ3) is 3.90. The number of anilines is 1. The first kappa shape index (κ1) is 17.2. The van der Waals surface area contributed by atoms with Crippen molar-refractivity contribution in [2.24, 2.45) is 5.92 Å². The van der Waals surface area contributed by atoms with Crippen LogP contribution in [0.2, 0.25) is 0 Å². The molecule has 1 aliphatic heterocycles. The summed E-state index contributed by atoms with van der Waals surface area (Å²) in [6, 6.07) is 6.43. The number of hydrogen-bond donors (Lipinski definition) is 0. The van der Waals surface area contributed by atoms with E-state index in [2.05, 4.69) is 23.9 Å². The number of carbonyl (C=O) groups is 1. The highest BCUT2D eigenvalue weighted by atomic mass is 16.2. The molecule has 0 N–H and O–H groups in total. The van der Waals surface area contributed by atoms with Gasteiger partial charge in [-0.05, 0) is 56.6 Å². The zero-order chi connectivity index (χ0) is 16.9. The third-order valence-corrected chi connectivity index (χ3v) is 5.77. The number of pyridine rings is 1. The quantitative estimate of drug-likeness (QED) is 0.815. The van der Waals surface area contributed by atoms with Gasteiger partial charge in [0.1, 0.15) is 11.5 Å². The number of amides is 1. The van der Waals surface area contributed by atoms with Crippen LogP contribution in [0.3, 0.4) is 0 Å². The molecule has 132 valence electrons. The average molecular weight is 329 g/mol. The van der Waals surface area contributed by atoms with Gasteiger partial charge in [0.25, 0.3) is 5.91 Å². The molecule has 2 fully saturated rings. The number of rotatable bonds is 5. The molecule has 0 bridgehead atoms. The Morgan fingerprint density at radius 2 is 1.92 bits per heavy atom. The summed E-state index contributed by atoms with van der Waals surface area (Å²) in [5.74, 6) is 1.95. The van der Waals surface area contributed by atoms with Gasteiger partial charge >= 0.3 is 0 Å². The van der Waals surface area contributed by atoms with Gasteiger partial charge in [0.05, 0.1) is 0 Å². The lowest BCUT2D eigenvalue weighted by atomic mass is 9.83. The molecular weight excluding hydrogens is 298 g/mol. The molecule has 24 heavy (non-hydrogen) atoms. The van der Waals surface area contributed by atoms with E-state index in [1.165, 1.54) is 38.5 Å². The number of carbonyl (C=O) groups excluding carboxylic acids is 1. The summed E-state index contributed by atoms with van der Waals surface area (Å²) in [7, 11) is 2.14. The number of hydrogen-bond acceptors (Lipinski definition) is 3. The number of nitrogens with zero attached hydrogens (tertiary/aromatic N) is 3. The maximum atomic E-state index is 12.6. The second-order valence-corrected chi connectivity index (χ2v) is 7.45. The van der Waals surface area contributed by atoms with Crippen LogP contribution >= 0.6 is 0 Å². The van der Waals surface area contributed by atoms with E-state index in [-0.39, 0.29) is 5.91 Å². The van der Waals surface area contributed by atoms with Gasteiger partial charge in [-0.3, -0.25) is 4.79 Å². The van der Waals surface area contributed by atoms with Gasteiger partial charge in [-0.25, -0.2) is 4.98 Å². The summed E-state index contributed by atoms with van der Waals surface area (Å²) in [6.07, 6.45) is 10.0. The second kappa shape index (κ2) is 8.00. The van der Waals surface area contributed by atoms with Crippen molar-refractivity contribution >= 4 is 11.7 Å². The first-order valence-electron chi connectivity index (χ1n) is 9.68. The predicted molar refractivity (Wildman–Crippen MR) is 98.4 cm³/mol. The van der Waals surface area contributed by atoms with Gasteiger partial charge in [0, 0.05) is 26.2 Å². The van der Waals surface area contributed by atoms with Gasteiger partial charge in [-0.15, -0.1) is 0 Å². The van der Waals surface area contributed by atoms with Crippen molar-refractivity contribution in [2.75, 3.05) is 25.0 Å². The van der Waals surface area contributed by atoms with Crippen LogP contribution < -0.4 is 4.90 Å². The molecule has 4 nitrogen and oxygen atoms in total. The zero-order valence-electron chi connectivity index (χ0n) is 15.2. The molecule has 0 aromatic carbocycles. The number of aromatic nitrogens is 1. The lowest BCUT2D eigenvalue weighted by Gasteiger charge is -2.35. The molecule has 0 spiro atoms. The molecule has 2 heterocycles. The van der Waals surface area contributed by atoms with Crippen molar-refractivity contribution in [1.82, 2.24) is 9.88 Å². The van der Waals surface area contributed by atoms with Crippen LogP contribution in [0.25, 0.3) is 0 Å². The Balaban J connectivity index is 1.64. The first-order chi connectivity index (χ1) is 11.7. The topological polar surface area (TPSA) is 36.4 Å². The lowest BCUT2D eigenvalue weighted by Crippen LogP contribution is -2.36. The van der Waals surface area contributed by atoms with Crippen LogP contribution in [0.1, 0.15) is 68.8 Å². The van der Waals surface area contributed by atoms with Crippen LogP contribution in [-0.4, -0.2) is 42.0 Å². The highest BCUT2D eigenvalue weighted by Gasteiger charge is 2.25. The van der Waals surface area contributed by atoms with Crippen molar-refractivity contribution in [3.63, 3.8) is 0 Å². The molecule has 1 aliphatic carbocycles. The highest BCUT2D eigenvalue weighted by molar-refractivity contribution is 5.92. The molecule has 0 radical (unpaired) electrons. The second-order valence-electron chi connectivity index (χ2n) is 7.45. The predicted octanol–water partition coefficient (Wildman–Crippen LogP) is 4.11. The van der Waals surface area contributed by atoms with Crippen LogP contribution in [0.4, 0.5) is 5.82 Å². The summed E-state index contributed by atoms with van der Waals surface area (Å²) < 4.78 is 0. The van der Waals surface area contributed by atoms with Gasteiger partial charge < -0.3 is 9.80 Å². The van der Waals surface area contributed by atoms with E-state index >= 15 is 0 Å². The van der Waals surface area contributed by atoms with Gasteiger partial charge in [0.15, 0.2) is 0 Å². The Morgan fingerprint density at radius 1 is 1.21 bits per heavy atom. The Kier molecular flexibility index (Phi) is 5.75. The normalized spacial score (nSPS) is 24.2. The van der Waals surface area contributed by atoms with Gasteiger partial charge in [0.2, 0.25) is 0 Å². The van der Waals surface area contributed by atoms with Crippen LogP contribution in [-0.2, 0) is 0 Å². The van der Waals surface area contributed by atoms with Crippen molar-refractivity contribution in [3.05, 3.63) is 23.9 Å². The minimum Gasteiger partial charge on any atom is -0.357 e.